The zero-order valence-corrected chi connectivity index (χ0v) is 10.7. The first-order chi connectivity index (χ1) is 9.29. The fourth-order valence-electron chi connectivity index (χ4n) is 2.97. The Kier molecular flexibility index (Phi) is 3.21. The molecule has 1 fully saturated rings. The predicted octanol–water partition coefficient (Wildman–Crippen LogP) is 1.88. The summed E-state index contributed by atoms with van der Waals surface area (Å²) in [7, 11) is 0. The normalized spacial score (nSPS) is 22.8. The predicted molar refractivity (Wildman–Crippen MR) is 74.6 cm³/mol. The van der Waals surface area contributed by atoms with Crippen LogP contribution in [-0.2, 0) is 4.79 Å². The van der Waals surface area contributed by atoms with Gasteiger partial charge in [-0.15, -0.1) is 0 Å². The van der Waals surface area contributed by atoms with Crippen molar-refractivity contribution in [1.82, 2.24) is 10.2 Å². The van der Waals surface area contributed by atoms with Crippen LogP contribution in [0.1, 0.15) is 19.3 Å². The molecular formula is C14H18N4O. The molecular weight excluding hydrogens is 240 g/mol. The summed E-state index contributed by atoms with van der Waals surface area (Å²) in [5.41, 5.74) is 7.48. The highest BCUT2D eigenvalue weighted by molar-refractivity contribution is 6.01. The van der Waals surface area contributed by atoms with Crippen molar-refractivity contribution in [2.75, 3.05) is 11.9 Å². The molecule has 100 valence electrons. The summed E-state index contributed by atoms with van der Waals surface area (Å²) in [6.07, 6.45) is 4.83. The van der Waals surface area contributed by atoms with E-state index in [0.29, 0.717) is 12.5 Å². The number of aromatic nitrogens is 2. The molecule has 1 aliphatic carbocycles. The van der Waals surface area contributed by atoms with Crippen molar-refractivity contribution >= 4 is 22.5 Å². The standard InChI is InChI=1S/C14H18N4O/c15-7-9-3-1-4-10(9)14(19)17-12-5-2-6-13-11(12)8-16-18-13/h2,5-6,8-10H,1,3-4,7,15H2,(H,16,18)(H,17,19). The van der Waals surface area contributed by atoms with Crippen molar-refractivity contribution < 1.29 is 4.79 Å². The van der Waals surface area contributed by atoms with Gasteiger partial charge < -0.3 is 11.1 Å². The Morgan fingerprint density at radius 3 is 3.21 bits per heavy atom. The number of hydrogen-bond donors (Lipinski definition) is 3. The van der Waals surface area contributed by atoms with Gasteiger partial charge in [-0.25, -0.2) is 0 Å². The number of hydrogen-bond acceptors (Lipinski definition) is 3. The van der Waals surface area contributed by atoms with Gasteiger partial charge in [-0.1, -0.05) is 12.5 Å². The van der Waals surface area contributed by atoms with Crippen LogP contribution in [0.2, 0.25) is 0 Å². The molecule has 0 spiro atoms. The number of carbonyl (C=O) groups excluding carboxylic acids is 1. The van der Waals surface area contributed by atoms with E-state index in [1.54, 1.807) is 6.20 Å². The quantitative estimate of drug-likeness (QED) is 0.786. The molecule has 0 bridgehead atoms. The van der Waals surface area contributed by atoms with E-state index in [2.05, 4.69) is 15.5 Å². The van der Waals surface area contributed by atoms with Crippen LogP contribution < -0.4 is 11.1 Å². The summed E-state index contributed by atoms with van der Waals surface area (Å²) in [4.78, 5) is 12.4. The number of benzene rings is 1. The zero-order chi connectivity index (χ0) is 13.2. The number of rotatable bonds is 3. The zero-order valence-electron chi connectivity index (χ0n) is 10.7. The van der Waals surface area contributed by atoms with Crippen LogP contribution >= 0.6 is 0 Å². The third-order valence-electron chi connectivity index (χ3n) is 4.04. The van der Waals surface area contributed by atoms with E-state index in [-0.39, 0.29) is 11.8 Å². The molecule has 5 nitrogen and oxygen atoms in total. The minimum Gasteiger partial charge on any atom is -0.330 e. The number of carbonyl (C=O) groups is 1. The van der Waals surface area contributed by atoms with E-state index in [4.69, 9.17) is 5.73 Å². The van der Waals surface area contributed by atoms with Gasteiger partial charge in [0.05, 0.1) is 17.4 Å². The topological polar surface area (TPSA) is 83.8 Å². The molecule has 1 saturated carbocycles. The third-order valence-corrected chi connectivity index (χ3v) is 4.04. The Labute approximate surface area is 111 Å². The maximum atomic E-state index is 12.4. The van der Waals surface area contributed by atoms with E-state index >= 15 is 0 Å². The lowest BCUT2D eigenvalue weighted by Gasteiger charge is -2.17. The number of anilines is 1. The van der Waals surface area contributed by atoms with Gasteiger partial charge in [0, 0.05) is 11.3 Å². The number of aromatic amines is 1. The first-order valence-electron chi connectivity index (χ1n) is 6.72. The average molecular weight is 258 g/mol. The Bertz CT molecular complexity index is 592. The van der Waals surface area contributed by atoms with E-state index in [1.165, 1.54) is 0 Å². The van der Waals surface area contributed by atoms with Gasteiger partial charge >= 0.3 is 0 Å². The number of H-pyrrole nitrogens is 1. The number of fused-ring (bicyclic) bond motifs is 1. The summed E-state index contributed by atoms with van der Waals surface area (Å²) >= 11 is 0. The molecule has 1 aromatic heterocycles. The van der Waals surface area contributed by atoms with Crippen molar-refractivity contribution in [2.45, 2.75) is 19.3 Å². The molecule has 5 heteroatoms. The van der Waals surface area contributed by atoms with Gasteiger partial charge in [0.15, 0.2) is 0 Å². The van der Waals surface area contributed by atoms with Crippen LogP contribution in [0.3, 0.4) is 0 Å². The molecule has 2 aromatic rings. The minimum absolute atomic E-state index is 0.0483. The third kappa shape index (κ3) is 2.21. The van der Waals surface area contributed by atoms with Gasteiger partial charge in [0.25, 0.3) is 0 Å². The highest BCUT2D eigenvalue weighted by Gasteiger charge is 2.32. The largest absolute Gasteiger partial charge is 0.330 e. The summed E-state index contributed by atoms with van der Waals surface area (Å²) in [5.74, 6) is 0.456. The molecule has 19 heavy (non-hydrogen) atoms. The summed E-state index contributed by atoms with van der Waals surface area (Å²) < 4.78 is 0. The lowest BCUT2D eigenvalue weighted by Crippen LogP contribution is -2.29. The van der Waals surface area contributed by atoms with Crippen molar-refractivity contribution in [3.8, 4) is 0 Å². The Balaban J connectivity index is 1.81. The van der Waals surface area contributed by atoms with Gasteiger partial charge in [-0.2, -0.15) is 5.10 Å². The van der Waals surface area contributed by atoms with Crippen molar-refractivity contribution in [3.05, 3.63) is 24.4 Å². The van der Waals surface area contributed by atoms with Crippen LogP contribution in [-0.4, -0.2) is 22.6 Å². The first-order valence-corrected chi connectivity index (χ1v) is 6.72. The van der Waals surface area contributed by atoms with Gasteiger partial charge in [0.2, 0.25) is 5.91 Å². The second-order valence-electron chi connectivity index (χ2n) is 5.16. The number of nitrogens with zero attached hydrogens (tertiary/aromatic N) is 1. The molecule has 3 rings (SSSR count). The molecule has 2 unspecified atom stereocenters. The molecule has 4 N–H and O–H groups in total. The average Bonchev–Trinajstić information content (AvgIpc) is 3.07. The van der Waals surface area contributed by atoms with E-state index < -0.39 is 0 Å². The Hall–Kier alpha value is -1.88. The van der Waals surface area contributed by atoms with Gasteiger partial charge in [0.1, 0.15) is 0 Å². The summed E-state index contributed by atoms with van der Waals surface area (Å²) in [6, 6.07) is 5.75. The highest BCUT2D eigenvalue weighted by atomic mass is 16.1. The van der Waals surface area contributed by atoms with Gasteiger partial charge in [-0.05, 0) is 37.4 Å². The highest BCUT2D eigenvalue weighted by Crippen LogP contribution is 2.32. The fraction of sp³-hybridized carbons (Fsp3) is 0.429. The van der Waals surface area contributed by atoms with Crippen molar-refractivity contribution in [2.24, 2.45) is 17.6 Å². The second-order valence-corrected chi connectivity index (χ2v) is 5.16. The summed E-state index contributed by atoms with van der Waals surface area (Å²) in [6.45, 7) is 0.591. The smallest absolute Gasteiger partial charge is 0.227 e. The molecule has 0 radical (unpaired) electrons. The molecule has 1 aliphatic rings. The van der Waals surface area contributed by atoms with Crippen molar-refractivity contribution in [3.63, 3.8) is 0 Å². The number of nitrogens with two attached hydrogens (primary N) is 1. The number of nitrogens with one attached hydrogen (secondary N) is 2. The fourth-order valence-corrected chi connectivity index (χ4v) is 2.97. The molecule has 0 saturated heterocycles. The van der Waals surface area contributed by atoms with E-state index in [1.807, 2.05) is 18.2 Å². The summed E-state index contributed by atoms with van der Waals surface area (Å²) in [5, 5.41) is 10.9. The van der Waals surface area contributed by atoms with Crippen LogP contribution in [0.15, 0.2) is 24.4 Å². The lowest BCUT2D eigenvalue weighted by atomic mass is 9.95. The Morgan fingerprint density at radius 2 is 2.37 bits per heavy atom. The second kappa shape index (κ2) is 5.01. The van der Waals surface area contributed by atoms with Crippen LogP contribution in [0.5, 0.6) is 0 Å². The molecule has 1 amide bonds. The molecule has 0 aliphatic heterocycles. The maximum Gasteiger partial charge on any atom is 0.227 e. The number of amides is 1. The van der Waals surface area contributed by atoms with Crippen LogP contribution in [0.25, 0.3) is 10.9 Å². The molecule has 1 heterocycles. The first kappa shape index (κ1) is 12.2. The lowest BCUT2D eigenvalue weighted by molar-refractivity contribution is -0.120. The molecule has 2 atom stereocenters. The van der Waals surface area contributed by atoms with Crippen LogP contribution in [0.4, 0.5) is 5.69 Å². The SMILES string of the molecule is NCC1CCCC1C(=O)Nc1cccc2[nH]ncc12. The minimum atomic E-state index is 0.0483. The van der Waals surface area contributed by atoms with Gasteiger partial charge in [-0.3, -0.25) is 9.89 Å². The van der Waals surface area contributed by atoms with E-state index in [0.717, 1.165) is 35.9 Å². The Morgan fingerprint density at radius 1 is 1.47 bits per heavy atom. The van der Waals surface area contributed by atoms with E-state index in [9.17, 15) is 4.79 Å². The van der Waals surface area contributed by atoms with Crippen LogP contribution in [0, 0.1) is 11.8 Å². The molecule has 1 aromatic carbocycles. The van der Waals surface area contributed by atoms with Crippen molar-refractivity contribution in [1.29, 1.82) is 0 Å². The maximum absolute atomic E-state index is 12.4. The monoisotopic (exact) mass is 258 g/mol.